The van der Waals surface area contributed by atoms with Gasteiger partial charge in [-0.25, -0.2) is 4.98 Å². The fourth-order valence-electron chi connectivity index (χ4n) is 4.50. The summed E-state index contributed by atoms with van der Waals surface area (Å²) in [5, 5.41) is 10.0. The van der Waals surface area contributed by atoms with Gasteiger partial charge in [-0.3, -0.25) is 0 Å². The van der Waals surface area contributed by atoms with Crippen molar-refractivity contribution in [1.29, 1.82) is 0 Å². The third-order valence-electron chi connectivity index (χ3n) is 6.26. The Morgan fingerprint density at radius 1 is 0.719 bits per heavy atom. The second-order valence-electron chi connectivity index (χ2n) is 8.30. The smallest absolute Gasteiger partial charge is 0.186 e. The Hall–Kier alpha value is -3.93. The maximum atomic E-state index is 5.12. The molecule has 0 atom stereocenters. The third-order valence-corrected chi connectivity index (χ3v) is 6.26. The van der Waals surface area contributed by atoms with Crippen molar-refractivity contribution in [3.05, 3.63) is 84.4 Å². The highest BCUT2D eigenvalue weighted by Gasteiger charge is 2.23. The summed E-state index contributed by atoms with van der Waals surface area (Å²) in [6.07, 6.45) is 0. The second-order valence-corrected chi connectivity index (χ2v) is 8.30. The number of anilines is 2. The van der Waals surface area contributed by atoms with Crippen molar-refractivity contribution >= 4 is 28.1 Å². The van der Waals surface area contributed by atoms with Crippen LogP contribution in [0.1, 0.15) is 5.56 Å². The van der Waals surface area contributed by atoms with E-state index in [2.05, 4.69) is 81.6 Å². The Kier molecular flexibility index (Phi) is 4.49. The van der Waals surface area contributed by atoms with E-state index in [-0.39, 0.29) is 0 Å². The first-order valence-electron chi connectivity index (χ1n) is 11.0. The van der Waals surface area contributed by atoms with Crippen molar-refractivity contribution in [2.75, 3.05) is 36.0 Å². The van der Waals surface area contributed by atoms with Crippen LogP contribution >= 0.6 is 0 Å². The quantitative estimate of drug-likeness (QED) is 0.428. The Balaban J connectivity index is 1.40. The summed E-state index contributed by atoms with van der Waals surface area (Å²) in [6.45, 7) is 5.90. The molecule has 0 N–H and O–H groups in total. The SMILES string of the molecule is Cc1ccc(N2CCN(c3nc4c(-c5ccccc5)nnn4c4ccccc34)CC2)cc1. The van der Waals surface area contributed by atoms with E-state index in [1.165, 1.54) is 11.3 Å². The molecule has 1 fully saturated rings. The van der Waals surface area contributed by atoms with E-state index in [9.17, 15) is 0 Å². The van der Waals surface area contributed by atoms with Gasteiger partial charge in [-0.15, -0.1) is 5.10 Å². The molecule has 1 aliphatic heterocycles. The molecule has 0 saturated carbocycles. The Bertz CT molecular complexity index is 1380. The molecule has 1 aliphatic rings. The molecule has 6 nitrogen and oxygen atoms in total. The van der Waals surface area contributed by atoms with Crippen molar-refractivity contribution in [2.45, 2.75) is 6.92 Å². The van der Waals surface area contributed by atoms with Crippen molar-refractivity contribution in [2.24, 2.45) is 0 Å². The molecule has 0 spiro atoms. The van der Waals surface area contributed by atoms with Gasteiger partial charge in [0.05, 0.1) is 5.52 Å². The van der Waals surface area contributed by atoms with Crippen molar-refractivity contribution in [3.63, 3.8) is 0 Å². The van der Waals surface area contributed by atoms with Crippen LogP contribution in [-0.2, 0) is 0 Å². The van der Waals surface area contributed by atoms with Crippen LogP contribution in [-0.4, -0.2) is 46.0 Å². The molecular weight excluding hydrogens is 396 g/mol. The van der Waals surface area contributed by atoms with E-state index >= 15 is 0 Å². The van der Waals surface area contributed by atoms with Crippen LogP contribution in [0.2, 0.25) is 0 Å². The van der Waals surface area contributed by atoms with Crippen molar-refractivity contribution in [1.82, 2.24) is 19.8 Å². The van der Waals surface area contributed by atoms with Gasteiger partial charge >= 0.3 is 0 Å². The van der Waals surface area contributed by atoms with Crippen LogP contribution in [0.15, 0.2) is 78.9 Å². The molecule has 5 aromatic rings. The van der Waals surface area contributed by atoms with Crippen LogP contribution in [0.4, 0.5) is 11.5 Å². The summed E-state index contributed by atoms with van der Waals surface area (Å²) in [5.74, 6) is 1.01. The summed E-state index contributed by atoms with van der Waals surface area (Å²) >= 11 is 0. The van der Waals surface area contributed by atoms with Gasteiger partial charge in [0.2, 0.25) is 0 Å². The van der Waals surface area contributed by atoms with Gasteiger partial charge in [0.15, 0.2) is 5.65 Å². The minimum atomic E-state index is 0.797. The zero-order chi connectivity index (χ0) is 21.5. The molecule has 6 rings (SSSR count). The van der Waals surface area contributed by atoms with Gasteiger partial charge in [0, 0.05) is 42.8 Å². The van der Waals surface area contributed by atoms with E-state index in [0.29, 0.717) is 0 Å². The lowest BCUT2D eigenvalue weighted by molar-refractivity contribution is 0.649. The number of fused-ring (bicyclic) bond motifs is 3. The third kappa shape index (κ3) is 3.15. The average molecular weight is 421 g/mol. The lowest BCUT2D eigenvalue weighted by Crippen LogP contribution is -2.47. The van der Waals surface area contributed by atoms with Gasteiger partial charge in [0.1, 0.15) is 11.5 Å². The molecule has 1 saturated heterocycles. The number of nitrogens with zero attached hydrogens (tertiary/aromatic N) is 6. The molecule has 0 radical (unpaired) electrons. The molecular formula is C26H24N6. The van der Waals surface area contributed by atoms with Gasteiger partial charge in [-0.1, -0.05) is 65.4 Å². The number of hydrogen-bond donors (Lipinski definition) is 0. The molecule has 0 unspecified atom stereocenters. The number of hydrogen-bond acceptors (Lipinski definition) is 5. The Morgan fingerprint density at radius 2 is 1.41 bits per heavy atom. The maximum Gasteiger partial charge on any atom is 0.186 e. The van der Waals surface area contributed by atoms with E-state index < -0.39 is 0 Å². The predicted octanol–water partition coefficient (Wildman–Crippen LogP) is 4.58. The van der Waals surface area contributed by atoms with Crippen LogP contribution in [0, 0.1) is 6.92 Å². The molecule has 6 heteroatoms. The van der Waals surface area contributed by atoms with E-state index in [1.54, 1.807) is 0 Å². The highest BCUT2D eigenvalue weighted by Crippen LogP contribution is 2.30. The van der Waals surface area contributed by atoms with E-state index in [4.69, 9.17) is 4.98 Å². The van der Waals surface area contributed by atoms with Gasteiger partial charge in [-0.05, 0) is 31.2 Å². The summed E-state index contributed by atoms with van der Waals surface area (Å²) in [6, 6.07) is 27.3. The number of piperazine rings is 1. The maximum absolute atomic E-state index is 5.12. The van der Waals surface area contributed by atoms with E-state index in [0.717, 1.165) is 59.8 Å². The summed E-state index contributed by atoms with van der Waals surface area (Å²) < 4.78 is 1.86. The lowest BCUT2D eigenvalue weighted by Gasteiger charge is -2.37. The van der Waals surface area contributed by atoms with Crippen LogP contribution in [0.3, 0.4) is 0 Å². The van der Waals surface area contributed by atoms with Crippen LogP contribution in [0.5, 0.6) is 0 Å². The molecule has 3 heterocycles. The standard InChI is InChI=1S/C26H24N6/c1-19-11-13-21(14-12-19)30-15-17-31(18-16-30)25-22-9-5-6-10-23(22)32-26(27-25)24(28-29-32)20-7-3-2-4-8-20/h2-14H,15-18H2,1H3. The van der Waals surface area contributed by atoms with Crippen LogP contribution < -0.4 is 9.80 Å². The summed E-state index contributed by atoms with van der Waals surface area (Å²) in [7, 11) is 0. The van der Waals surface area contributed by atoms with E-state index in [1.807, 2.05) is 28.8 Å². The van der Waals surface area contributed by atoms with Crippen molar-refractivity contribution in [3.8, 4) is 11.3 Å². The Labute approximate surface area is 186 Å². The highest BCUT2D eigenvalue weighted by atomic mass is 15.4. The molecule has 158 valence electrons. The Morgan fingerprint density at radius 3 is 2.19 bits per heavy atom. The monoisotopic (exact) mass is 420 g/mol. The fourth-order valence-corrected chi connectivity index (χ4v) is 4.50. The number of aromatic nitrogens is 4. The molecule has 0 bridgehead atoms. The molecule has 0 aliphatic carbocycles. The number of rotatable bonds is 3. The largest absolute Gasteiger partial charge is 0.368 e. The first-order chi connectivity index (χ1) is 15.8. The highest BCUT2D eigenvalue weighted by molar-refractivity contribution is 5.93. The summed E-state index contributed by atoms with van der Waals surface area (Å²) in [4.78, 5) is 9.97. The van der Waals surface area contributed by atoms with Gasteiger partial charge < -0.3 is 9.80 Å². The second kappa shape index (κ2) is 7.64. The minimum Gasteiger partial charge on any atom is -0.368 e. The zero-order valence-corrected chi connectivity index (χ0v) is 18.0. The zero-order valence-electron chi connectivity index (χ0n) is 18.0. The first kappa shape index (κ1) is 18.8. The number of para-hydroxylation sites is 1. The average Bonchev–Trinajstić information content (AvgIpc) is 3.29. The molecule has 0 amide bonds. The topological polar surface area (TPSA) is 49.6 Å². The van der Waals surface area contributed by atoms with Crippen LogP contribution in [0.25, 0.3) is 27.8 Å². The molecule has 2 aromatic heterocycles. The van der Waals surface area contributed by atoms with Gasteiger partial charge in [0.25, 0.3) is 0 Å². The normalized spacial score (nSPS) is 14.4. The number of aryl methyl sites for hydroxylation is 1. The molecule has 32 heavy (non-hydrogen) atoms. The first-order valence-corrected chi connectivity index (χ1v) is 11.0. The van der Waals surface area contributed by atoms with Gasteiger partial charge in [-0.2, -0.15) is 4.52 Å². The number of benzene rings is 3. The molecule has 3 aromatic carbocycles. The fraction of sp³-hybridized carbons (Fsp3) is 0.192. The lowest BCUT2D eigenvalue weighted by atomic mass is 10.1. The van der Waals surface area contributed by atoms with Crippen molar-refractivity contribution < 1.29 is 0 Å². The minimum absolute atomic E-state index is 0.797. The summed E-state index contributed by atoms with van der Waals surface area (Å²) in [5.41, 5.74) is 6.25. The predicted molar refractivity (Wildman–Crippen MR) is 129 cm³/mol.